The lowest BCUT2D eigenvalue weighted by atomic mass is 10.3. The molecule has 0 saturated heterocycles. The van der Waals surface area contributed by atoms with E-state index in [4.69, 9.17) is 33.7 Å². The van der Waals surface area contributed by atoms with Crippen molar-refractivity contribution in [3.8, 4) is 5.75 Å². The molecule has 0 bridgehead atoms. The molecule has 0 heterocycles. The molecule has 100 valence electrons. The molecule has 0 aliphatic heterocycles. The smallest absolute Gasteiger partial charge is 0.120 e. The Morgan fingerprint density at radius 3 is 2.63 bits per heavy atom. The van der Waals surface area contributed by atoms with E-state index in [1.165, 1.54) is 0 Å². The highest BCUT2D eigenvalue weighted by Gasteiger charge is 2.01. The van der Waals surface area contributed by atoms with Gasteiger partial charge in [-0.25, -0.2) is 0 Å². The topological polar surface area (TPSA) is 35.2 Å². The number of rotatable bonds is 5. The number of thioether (sulfide) groups is 1. The Bertz CT molecular complexity index is 563. The van der Waals surface area contributed by atoms with Crippen molar-refractivity contribution in [2.45, 2.75) is 4.90 Å². The molecule has 2 rings (SSSR count). The average molecular weight is 314 g/mol. The summed E-state index contributed by atoms with van der Waals surface area (Å²) in [6.07, 6.45) is 0. The van der Waals surface area contributed by atoms with Crippen molar-refractivity contribution < 1.29 is 4.74 Å². The van der Waals surface area contributed by atoms with Crippen LogP contribution >= 0.6 is 35.0 Å². The Hall–Kier alpha value is -1.03. The molecule has 0 fully saturated rings. The van der Waals surface area contributed by atoms with Gasteiger partial charge in [0, 0.05) is 26.4 Å². The molecule has 5 heteroatoms. The van der Waals surface area contributed by atoms with Crippen LogP contribution in [0.1, 0.15) is 0 Å². The van der Waals surface area contributed by atoms with E-state index < -0.39 is 0 Å². The number of hydrogen-bond acceptors (Lipinski definition) is 3. The van der Waals surface area contributed by atoms with Gasteiger partial charge in [0.25, 0.3) is 0 Å². The molecule has 2 aromatic carbocycles. The molecule has 0 spiro atoms. The predicted octanol–water partition coefficient (Wildman–Crippen LogP) is 4.75. The van der Waals surface area contributed by atoms with Gasteiger partial charge in [0.05, 0.1) is 6.61 Å². The van der Waals surface area contributed by atoms with Crippen LogP contribution < -0.4 is 10.5 Å². The maximum atomic E-state index is 5.93. The summed E-state index contributed by atoms with van der Waals surface area (Å²) in [5.41, 5.74) is 6.60. The second-order valence-corrected chi connectivity index (χ2v) is 5.85. The summed E-state index contributed by atoms with van der Waals surface area (Å²) in [6, 6.07) is 12.8. The van der Waals surface area contributed by atoms with E-state index in [1.54, 1.807) is 23.9 Å². The third kappa shape index (κ3) is 4.53. The highest BCUT2D eigenvalue weighted by Crippen LogP contribution is 2.28. The van der Waals surface area contributed by atoms with Crippen LogP contribution in [-0.4, -0.2) is 12.4 Å². The van der Waals surface area contributed by atoms with Gasteiger partial charge in [0.1, 0.15) is 5.75 Å². The Morgan fingerprint density at radius 2 is 1.84 bits per heavy atom. The fraction of sp³-hybridized carbons (Fsp3) is 0.143. The Morgan fingerprint density at radius 1 is 1.05 bits per heavy atom. The first-order chi connectivity index (χ1) is 9.15. The molecule has 0 aromatic heterocycles. The van der Waals surface area contributed by atoms with Crippen molar-refractivity contribution >= 4 is 40.7 Å². The van der Waals surface area contributed by atoms with E-state index in [2.05, 4.69) is 0 Å². The molecule has 0 unspecified atom stereocenters. The number of anilines is 1. The summed E-state index contributed by atoms with van der Waals surface area (Å²) >= 11 is 13.4. The SMILES string of the molecule is Nc1ccc(Cl)cc1SCCOc1cccc(Cl)c1. The lowest BCUT2D eigenvalue weighted by Crippen LogP contribution is -2.00. The van der Waals surface area contributed by atoms with E-state index >= 15 is 0 Å². The zero-order valence-electron chi connectivity index (χ0n) is 10.1. The molecule has 0 aliphatic carbocycles. The zero-order chi connectivity index (χ0) is 13.7. The minimum atomic E-state index is 0.580. The minimum Gasteiger partial charge on any atom is -0.493 e. The monoisotopic (exact) mass is 313 g/mol. The maximum Gasteiger partial charge on any atom is 0.120 e. The van der Waals surface area contributed by atoms with Crippen LogP contribution in [0.25, 0.3) is 0 Å². The van der Waals surface area contributed by atoms with Gasteiger partial charge in [0.15, 0.2) is 0 Å². The van der Waals surface area contributed by atoms with Crippen molar-refractivity contribution in [1.82, 2.24) is 0 Å². The number of benzene rings is 2. The molecule has 2 aromatic rings. The first-order valence-electron chi connectivity index (χ1n) is 5.71. The molecule has 19 heavy (non-hydrogen) atoms. The average Bonchev–Trinajstić information content (AvgIpc) is 2.39. The maximum absolute atomic E-state index is 5.93. The minimum absolute atomic E-state index is 0.580. The van der Waals surface area contributed by atoms with Gasteiger partial charge in [-0.1, -0.05) is 29.3 Å². The quantitative estimate of drug-likeness (QED) is 0.491. The number of nitrogens with two attached hydrogens (primary N) is 1. The molecular formula is C14H13Cl2NOS. The van der Waals surface area contributed by atoms with Crippen LogP contribution in [0, 0.1) is 0 Å². The van der Waals surface area contributed by atoms with Crippen LogP contribution in [-0.2, 0) is 0 Å². The van der Waals surface area contributed by atoms with Gasteiger partial charge in [-0.15, -0.1) is 11.8 Å². The van der Waals surface area contributed by atoms with Gasteiger partial charge in [-0.2, -0.15) is 0 Å². The number of hydrogen-bond donors (Lipinski definition) is 1. The van der Waals surface area contributed by atoms with Crippen molar-refractivity contribution in [3.63, 3.8) is 0 Å². The van der Waals surface area contributed by atoms with Gasteiger partial charge in [0.2, 0.25) is 0 Å². The standard InChI is InChI=1S/C14H13Cl2NOS/c15-10-2-1-3-12(8-10)18-6-7-19-14-9-11(16)4-5-13(14)17/h1-5,8-9H,6-7,17H2. The molecular weight excluding hydrogens is 301 g/mol. The van der Waals surface area contributed by atoms with E-state index in [0.29, 0.717) is 16.7 Å². The van der Waals surface area contributed by atoms with Crippen molar-refractivity contribution in [3.05, 3.63) is 52.5 Å². The van der Waals surface area contributed by atoms with Gasteiger partial charge in [-0.3, -0.25) is 0 Å². The van der Waals surface area contributed by atoms with Crippen molar-refractivity contribution in [1.29, 1.82) is 0 Å². The van der Waals surface area contributed by atoms with E-state index in [1.807, 2.05) is 30.3 Å². The first-order valence-corrected chi connectivity index (χ1v) is 7.45. The van der Waals surface area contributed by atoms with E-state index in [-0.39, 0.29) is 0 Å². The van der Waals surface area contributed by atoms with Crippen LogP contribution in [0.15, 0.2) is 47.4 Å². The lowest BCUT2D eigenvalue weighted by Gasteiger charge is -2.08. The summed E-state index contributed by atoms with van der Waals surface area (Å²) in [5, 5.41) is 1.36. The van der Waals surface area contributed by atoms with E-state index in [9.17, 15) is 0 Å². The third-order valence-electron chi connectivity index (χ3n) is 2.38. The summed E-state index contributed by atoms with van der Waals surface area (Å²) in [5.74, 6) is 1.56. The van der Waals surface area contributed by atoms with Crippen LogP contribution in [0.3, 0.4) is 0 Å². The van der Waals surface area contributed by atoms with Gasteiger partial charge < -0.3 is 10.5 Å². The van der Waals surface area contributed by atoms with Gasteiger partial charge in [-0.05, 0) is 36.4 Å². The third-order valence-corrected chi connectivity index (χ3v) is 3.89. The van der Waals surface area contributed by atoms with Crippen molar-refractivity contribution in [2.24, 2.45) is 0 Å². The van der Waals surface area contributed by atoms with Crippen molar-refractivity contribution in [2.75, 3.05) is 18.1 Å². The number of ether oxygens (including phenoxy) is 1. The summed E-state index contributed by atoms with van der Waals surface area (Å²) < 4.78 is 5.60. The molecule has 0 radical (unpaired) electrons. The summed E-state index contributed by atoms with van der Waals surface area (Å²) in [4.78, 5) is 0.974. The first kappa shape index (κ1) is 14.4. The fourth-order valence-corrected chi connectivity index (χ4v) is 2.75. The van der Waals surface area contributed by atoms with Gasteiger partial charge >= 0.3 is 0 Å². The fourth-order valence-electron chi connectivity index (χ4n) is 1.50. The van der Waals surface area contributed by atoms with Crippen LogP contribution in [0.5, 0.6) is 5.75 Å². The summed E-state index contributed by atoms with van der Waals surface area (Å²) in [6.45, 7) is 0.580. The van der Waals surface area contributed by atoms with Crippen LogP contribution in [0.4, 0.5) is 5.69 Å². The molecule has 0 saturated carbocycles. The molecule has 2 N–H and O–H groups in total. The Labute approximate surface area is 126 Å². The molecule has 0 aliphatic rings. The second-order valence-electron chi connectivity index (χ2n) is 3.84. The number of nitrogen functional groups attached to an aromatic ring is 1. The normalized spacial score (nSPS) is 10.4. The van der Waals surface area contributed by atoms with E-state index in [0.717, 1.165) is 22.1 Å². The lowest BCUT2D eigenvalue weighted by molar-refractivity contribution is 0.344. The molecule has 2 nitrogen and oxygen atoms in total. The second kappa shape index (κ2) is 6.94. The molecule has 0 amide bonds. The predicted molar refractivity (Wildman–Crippen MR) is 83.5 cm³/mol. The zero-order valence-corrected chi connectivity index (χ0v) is 12.4. The summed E-state index contributed by atoms with van der Waals surface area (Å²) in [7, 11) is 0. The highest BCUT2D eigenvalue weighted by atomic mass is 35.5. The largest absolute Gasteiger partial charge is 0.493 e. The Kier molecular flexibility index (Phi) is 5.25. The number of halogens is 2. The Balaban J connectivity index is 1.82. The molecule has 0 atom stereocenters. The van der Waals surface area contributed by atoms with Crippen LogP contribution in [0.2, 0.25) is 10.0 Å². The highest BCUT2D eigenvalue weighted by molar-refractivity contribution is 7.99.